The first-order valence-electron chi connectivity index (χ1n) is 5.72. The molecule has 0 aliphatic rings. The van der Waals surface area contributed by atoms with Crippen molar-refractivity contribution in [2.24, 2.45) is 0 Å². The molecule has 1 aromatic heterocycles. The standard InChI is InChI=1S/C13H15FN4O/c1-18(7-9-3-5-10(14)6-4-9)13-11(19-2)12(15)16-8-17-13/h3-6,8H,7H2,1-2H3,(H2,15,16,17). The second kappa shape index (κ2) is 5.51. The van der Waals surface area contributed by atoms with E-state index in [0.717, 1.165) is 5.56 Å². The lowest BCUT2D eigenvalue weighted by atomic mass is 10.2. The van der Waals surface area contributed by atoms with Crippen LogP contribution >= 0.6 is 0 Å². The fourth-order valence-electron chi connectivity index (χ4n) is 1.78. The van der Waals surface area contributed by atoms with E-state index >= 15 is 0 Å². The molecule has 0 amide bonds. The quantitative estimate of drug-likeness (QED) is 0.910. The second-order valence-corrected chi connectivity index (χ2v) is 4.10. The highest BCUT2D eigenvalue weighted by Crippen LogP contribution is 2.29. The highest BCUT2D eigenvalue weighted by atomic mass is 19.1. The van der Waals surface area contributed by atoms with Gasteiger partial charge in [-0.3, -0.25) is 0 Å². The number of rotatable bonds is 4. The Morgan fingerprint density at radius 1 is 1.26 bits per heavy atom. The zero-order chi connectivity index (χ0) is 13.8. The summed E-state index contributed by atoms with van der Waals surface area (Å²) in [5.74, 6) is 1.07. The summed E-state index contributed by atoms with van der Waals surface area (Å²) in [6.07, 6.45) is 1.38. The topological polar surface area (TPSA) is 64.3 Å². The van der Waals surface area contributed by atoms with Crippen LogP contribution in [0.1, 0.15) is 5.56 Å². The van der Waals surface area contributed by atoms with E-state index < -0.39 is 0 Å². The van der Waals surface area contributed by atoms with Crippen LogP contribution in [0.5, 0.6) is 5.75 Å². The van der Waals surface area contributed by atoms with Crippen LogP contribution in [-0.2, 0) is 6.54 Å². The fourth-order valence-corrected chi connectivity index (χ4v) is 1.78. The molecular formula is C13H15FN4O. The molecule has 6 heteroatoms. The molecule has 0 atom stereocenters. The molecule has 0 aliphatic heterocycles. The van der Waals surface area contributed by atoms with E-state index in [1.165, 1.54) is 25.6 Å². The molecule has 1 aromatic carbocycles. The number of nitrogens with zero attached hydrogens (tertiary/aromatic N) is 3. The normalized spacial score (nSPS) is 10.3. The molecule has 0 saturated heterocycles. The van der Waals surface area contributed by atoms with Crippen molar-refractivity contribution in [1.29, 1.82) is 0 Å². The molecule has 0 unspecified atom stereocenters. The van der Waals surface area contributed by atoms with Crippen LogP contribution in [0.2, 0.25) is 0 Å². The average molecular weight is 262 g/mol. The number of methoxy groups -OCH3 is 1. The summed E-state index contributed by atoms with van der Waals surface area (Å²) < 4.78 is 18.1. The van der Waals surface area contributed by atoms with Crippen molar-refractivity contribution in [3.8, 4) is 5.75 Å². The predicted octanol–water partition coefficient (Wildman–Crippen LogP) is 1.84. The van der Waals surface area contributed by atoms with Crippen LogP contribution in [0, 0.1) is 5.82 Å². The van der Waals surface area contributed by atoms with Crippen LogP contribution in [0.15, 0.2) is 30.6 Å². The van der Waals surface area contributed by atoms with E-state index in [1.54, 1.807) is 12.1 Å². The molecule has 0 radical (unpaired) electrons. The predicted molar refractivity (Wildman–Crippen MR) is 71.5 cm³/mol. The SMILES string of the molecule is COc1c(N)ncnc1N(C)Cc1ccc(F)cc1. The zero-order valence-electron chi connectivity index (χ0n) is 10.8. The van der Waals surface area contributed by atoms with Gasteiger partial charge in [0.15, 0.2) is 11.6 Å². The first-order chi connectivity index (χ1) is 9.11. The third-order valence-corrected chi connectivity index (χ3v) is 2.71. The summed E-state index contributed by atoms with van der Waals surface area (Å²) in [5, 5.41) is 0. The van der Waals surface area contributed by atoms with Crippen molar-refractivity contribution in [3.05, 3.63) is 42.0 Å². The Morgan fingerprint density at radius 3 is 2.58 bits per heavy atom. The first kappa shape index (κ1) is 13.1. The maximum Gasteiger partial charge on any atom is 0.204 e. The van der Waals surface area contributed by atoms with Crippen LogP contribution in [-0.4, -0.2) is 24.1 Å². The van der Waals surface area contributed by atoms with Gasteiger partial charge in [0.25, 0.3) is 0 Å². The molecule has 0 fully saturated rings. The Bertz CT molecular complexity index is 559. The van der Waals surface area contributed by atoms with Gasteiger partial charge in [0.05, 0.1) is 7.11 Å². The highest BCUT2D eigenvalue weighted by molar-refractivity contribution is 5.62. The Morgan fingerprint density at radius 2 is 1.95 bits per heavy atom. The number of nitrogens with two attached hydrogens (primary N) is 1. The third kappa shape index (κ3) is 2.90. The minimum absolute atomic E-state index is 0.254. The van der Waals surface area contributed by atoms with Crippen LogP contribution in [0.3, 0.4) is 0 Å². The maximum atomic E-state index is 12.8. The molecule has 5 nitrogen and oxygen atoms in total. The molecular weight excluding hydrogens is 247 g/mol. The summed E-state index contributed by atoms with van der Waals surface area (Å²) >= 11 is 0. The average Bonchev–Trinajstić information content (AvgIpc) is 2.41. The number of anilines is 2. The molecule has 0 bridgehead atoms. The summed E-state index contributed by atoms with van der Waals surface area (Å²) in [5.41, 5.74) is 6.69. The lowest BCUT2D eigenvalue weighted by molar-refractivity contribution is 0.413. The minimum Gasteiger partial charge on any atom is -0.490 e. The number of hydrogen-bond acceptors (Lipinski definition) is 5. The molecule has 19 heavy (non-hydrogen) atoms. The monoisotopic (exact) mass is 262 g/mol. The Balaban J connectivity index is 2.22. The number of hydrogen-bond donors (Lipinski definition) is 1. The van der Waals surface area contributed by atoms with Crippen LogP contribution in [0.4, 0.5) is 16.0 Å². The second-order valence-electron chi connectivity index (χ2n) is 4.10. The number of aromatic nitrogens is 2. The number of ether oxygens (including phenoxy) is 1. The van der Waals surface area contributed by atoms with E-state index in [4.69, 9.17) is 10.5 Å². The van der Waals surface area contributed by atoms with Crippen molar-refractivity contribution in [3.63, 3.8) is 0 Å². The van der Waals surface area contributed by atoms with Crippen molar-refractivity contribution in [2.75, 3.05) is 24.8 Å². The molecule has 2 rings (SSSR count). The Hall–Kier alpha value is -2.37. The lowest BCUT2D eigenvalue weighted by Gasteiger charge is -2.20. The van der Waals surface area contributed by atoms with Gasteiger partial charge >= 0.3 is 0 Å². The molecule has 2 aromatic rings. The van der Waals surface area contributed by atoms with Gasteiger partial charge in [-0.25, -0.2) is 14.4 Å². The minimum atomic E-state index is -0.254. The van der Waals surface area contributed by atoms with Crippen molar-refractivity contribution in [1.82, 2.24) is 9.97 Å². The summed E-state index contributed by atoms with van der Waals surface area (Å²) in [4.78, 5) is 9.90. The van der Waals surface area contributed by atoms with E-state index in [-0.39, 0.29) is 5.82 Å². The molecule has 0 saturated carbocycles. The summed E-state index contributed by atoms with van der Waals surface area (Å²) in [6.45, 7) is 0.563. The Labute approximate surface area is 110 Å². The van der Waals surface area contributed by atoms with Gasteiger partial charge in [-0.2, -0.15) is 0 Å². The van der Waals surface area contributed by atoms with Gasteiger partial charge in [0.2, 0.25) is 5.75 Å². The number of halogens is 1. The maximum absolute atomic E-state index is 12.8. The van der Waals surface area contributed by atoms with Gasteiger partial charge in [0.1, 0.15) is 12.1 Å². The molecule has 0 aliphatic carbocycles. The van der Waals surface area contributed by atoms with Crippen LogP contribution < -0.4 is 15.4 Å². The fraction of sp³-hybridized carbons (Fsp3) is 0.231. The Kier molecular flexibility index (Phi) is 3.79. The highest BCUT2D eigenvalue weighted by Gasteiger charge is 2.13. The molecule has 1 heterocycles. The van der Waals surface area contributed by atoms with Gasteiger partial charge in [0, 0.05) is 13.6 Å². The lowest BCUT2D eigenvalue weighted by Crippen LogP contribution is -2.19. The largest absolute Gasteiger partial charge is 0.490 e. The molecule has 2 N–H and O–H groups in total. The van der Waals surface area contributed by atoms with Crippen LogP contribution in [0.25, 0.3) is 0 Å². The van der Waals surface area contributed by atoms with Gasteiger partial charge < -0.3 is 15.4 Å². The third-order valence-electron chi connectivity index (χ3n) is 2.71. The van der Waals surface area contributed by atoms with Gasteiger partial charge in [-0.1, -0.05) is 12.1 Å². The summed E-state index contributed by atoms with van der Waals surface area (Å²) in [6, 6.07) is 6.30. The van der Waals surface area contributed by atoms with E-state index in [1.807, 2.05) is 11.9 Å². The van der Waals surface area contributed by atoms with Crippen molar-refractivity contribution >= 4 is 11.6 Å². The van der Waals surface area contributed by atoms with E-state index in [2.05, 4.69) is 9.97 Å². The van der Waals surface area contributed by atoms with E-state index in [0.29, 0.717) is 23.9 Å². The van der Waals surface area contributed by atoms with Crippen molar-refractivity contribution < 1.29 is 9.13 Å². The molecule has 0 spiro atoms. The number of nitrogen functional groups attached to an aromatic ring is 1. The summed E-state index contributed by atoms with van der Waals surface area (Å²) in [7, 11) is 3.37. The van der Waals surface area contributed by atoms with Crippen molar-refractivity contribution in [2.45, 2.75) is 6.54 Å². The van der Waals surface area contributed by atoms with Gasteiger partial charge in [-0.15, -0.1) is 0 Å². The number of benzene rings is 1. The molecule has 100 valence electrons. The zero-order valence-corrected chi connectivity index (χ0v) is 10.8. The first-order valence-corrected chi connectivity index (χ1v) is 5.72. The van der Waals surface area contributed by atoms with E-state index in [9.17, 15) is 4.39 Å². The smallest absolute Gasteiger partial charge is 0.204 e. The van der Waals surface area contributed by atoms with Gasteiger partial charge in [-0.05, 0) is 17.7 Å².